The third kappa shape index (κ3) is 2.68. The zero-order chi connectivity index (χ0) is 15.7. The van der Waals surface area contributed by atoms with Crippen LogP contribution in [0.15, 0.2) is 30.3 Å². The van der Waals surface area contributed by atoms with Gasteiger partial charge in [0.2, 0.25) is 17.7 Å². The van der Waals surface area contributed by atoms with E-state index >= 15 is 0 Å². The lowest BCUT2D eigenvalue weighted by Gasteiger charge is -2.45. The molecule has 0 aromatic heterocycles. The molecule has 3 amide bonds. The van der Waals surface area contributed by atoms with E-state index < -0.39 is 12.1 Å². The van der Waals surface area contributed by atoms with Gasteiger partial charge >= 0.3 is 0 Å². The molecule has 2 aliphatic heterocycles. The number of amides is 3. The van der Waals surface area contributed by atoms with Gasteiger partial charge in [0.1, 0.15) is 12.1 Å². The van der Waals surface area contributed by atoms with Crippen molar-refractivity contribution in [3.8, 4) is 0 Å². The van der Waals surface area contributed by atoms with Gasteiger partial charge in [-0.05, 0) is 5.56 Å². The zero-order valence-electron chi connectivity index (χ0n) is 12.5. The molecule has 2 saturated heterocycles. The van der Waals surface area contributed by atoms with Crippen LogP contribution in [0.3, 0.4) is 0 Å². The maximum atomic E-state index is 12.6. The second kappa shape index (κ2) is 5.79. The lowest BCUT2D eigenvalue weighted by atomic mass is 9.98. The molecule has 2 aliphatic rings. The highest BCUT2D eigenvalue weighted by atomic mass is 16.2. The van der Waals surface area contributed by atoms with Crippen molar-refractivity contribution in [2.24, 2.45) is 0 Å². The molecule has 6 heteroatoms. The van der Waals surface area contributed by atoms with Crippen LogP contribution in [0.25, 0.3) is 0 Å². The molecule has 0 aliphatic carbocycles. The van der Waals surface area contributed by atoms with Gasteiger partial charge in [-0.2, -0.15) is 0 Å². The van der Waals surface area contributed by atoms with Gasteiger partial charge < -0.3 is 15.1 Å². The maximum absolute atomic E-state index is 12.6. The fourth-order valence-electron chi connectivity index (χ4n) is 3.08. The number of carbonyl (C=O) groups is 3. The van der Waals surface area contributed by atoms with Crippen LogP contribution >= 0.6 is 0 Å². The molecule has 2 unspecified atom stereocenters. The van der Waals surface area contributed by atoms with Crippen LogP contribution in [0, 0.1) is 0 Å². The third-order valence-corrected chi connectivity index (χ3v) is 4.31. The van der Waals surface area contributed by atoms with Crippen LogP contribution in [0.4, 0.5) is 0 Å². The first kappa shape index (κ1) is 14.6. The molecule has 3 rings (SSSR count). The zero-order valence-corrected chi connectivity index (χ0v) is 12.5. The van der Waals surface area contributed by atoms with E-state index in [2.05, 4.69) is 5.32 Å². The van der Waals surface area contributed by atoms with E-state index in [0.29, 0.717) is 19.5 Å². The van der Waals surface area contributed by atoms with Crippen LogP contribution in [0.1, 0.15) is 12.5 Å². The number of nitrogens with zero attached hydrogens (tertiary/aromatic N) is 2. The summed E-state index contributed by atoms with van der Waals surface area (Å²) in [5.74, 6) is -0.297. The Labute approximate surface area is 129 Å². The Kier molecular flexibility index (Phi) is 3.83. The number of rotatable bonds is 2. The fourth-order valence-corrected chi connectivity index (χ4v) is 3.08. The number of nitrogens with one attached hydrogen (secondary N) is 1. The molecule has 0 bridgehead atoms. The number of fused-ring (bicyclic) bond motifs is 1. The van der Waals surface area contributed by atoms with E-state index in [1.807, 2.05) is 30.3 Å². The average molecular weight is 301 g/mol. The minimum absolute atomic E-state index is 0.0587. The predicted octanol–water partition coefficient (Wildman–Crippen LogP) is -0.213. The van der Waals surface area contributed by atoms with Crippen LogP contribution in [0.5, 0.6) is 0 Å². The van der Waals surface area contributed by atoms with Crippen LogP contribution < -0.4 is 5.32 Å². The monoisotopic (exact) mass is 301 g/mol. The molecular weight excluding hydrogens is 282 g/mol. The van der Waals surface area contributed by atoms with Crippen molar-refractivity contribution in [3.63, 3.8) is 0 Å². The first-order valence-corrected chi connectivity index (χ1v) is 7.46. The number of carbonyl (C=O) groups excluding carboxylic acids is 3. The van der Waals surface area contributed by atoms with Crippen molar-refractivity contribution in [2.45, 2.75) is 25.4 Å². The second-order valence-corrected chi connectivity index (χ2v) is 5.76. The molecule has 1 N–H and O–H groups in total. The summed E-state index contributed by atoms with van der Waals surface area (Å²) >= 11 is 0. The summed E-state index contributed by atoms with van der Waals surface area (Å²) < 4.78 is 0. The molecule has 22 heavy (non-hydrogen) atoms. The molecular formula is C16H19N3O3. The molecule has 0 spiro atoms. The van der Waals surface area contributed by atoms with Crippen LogP contribution in [-0.2, 0) is 20.8 Å². The van der Waals surface area contributed by atoms with E-state index in [4.69, 9.17) is 0 Å². The van der Waals surface area contributed by atoms with E-state index in [-0.39, 0.29) is 24.3 Å². The standard InChI is InChI=1S/C16H19N3O3/c1-11(20)18-7-8-19-14(10-18)15(21)17-13(16(19)22)9-12-5-3-2-4-6-12/h2-6,13-14H,7-10H2,1H3,(H,17,21). The van der Waals surface area contributed by atoms with Gasteiger partial charge in [-0.3, -0.25) is 14.4 Å². The summed E-state index contributed by atoms with van der Waals surface area (Å²) in [7, 11) is 0. The Hall–Kier alpha value is -2.37. The highest BCUT2D eigenvalue weighted by molar-refractivity contribution is 5.97. The molecule has 116 valence electrons. The van der Waals surface area contributed by atoms with Crippen molar-refractivity contribution in [3.05, 3.63) is 35.9 Å². The molecule has 2 heterocycles. The topological polar surface area (TPSA) is 69.7 Å². The molecule has 1 aromatic rings. The van der Waals surface area contributed by atoms with Crippen LogP contribution in [0.2, 0.25) is 0 Å². The maximum Gasteiger partial charge on any atom is 0.246 e. The van der Waals surface area contributed by atoms with Crippen LogP contribution in [-0.4, -0.2) is 59.2 Å². The average Bonchev–Trinajstić information content (AvgIpc) is 2.53. The third-order valence-electron chi connectivity index (χ3n) is 4.31. The fraction of sp³-hybridized carbons (Fsp3) is 0.438. The van der Waals surface area contributed by atoms with Crippen molar-refractivity contribution >= 4 is 17.7 Å². The van der Waals surface area contributed by atoms with Crippen molar-refractivity contribution in [2.75, 3.05) is 19.6 Å². The van der Waals surface area contributed by atoms with Gasteiger partial charge in [0, 0.05) is 26.4 Å². The summed E-state index contributed by atoms with van der Waals surface area (Å²) in [6.45, 7) is 2.67. The SMILES string of the molecule is CC(=O)N1CCN2C(=O)C(Cc3ccccc3)NC(=O)C2C1. The van der Waals surface area contributed by atoms with Gasteiger partial charge in [-0.1, -0.05) is 30.3 Å². The highest BCUT2D eigenvalue weighted by Crippen LogP contribution is 2.18. The highest BCUT2D eigenvalue weighted by Gasteiger charge is 2.43. The Bertz CT molecular complexity index is 602. The van der Waals surface area contributed by atoms with Crippen molar-refractivity contribution in [1.82, 2.24) is 15.1 Å². The Balaban J connectivity index is 1.73. The van der Waals surface area contributed by atoms with E-state index in [1.165, 1.54) is 6.92 Å². The normalized spacial score (nSPS) is 24.8. The smallest absolute Gasteiger partial charge is 0.246 e. The number of benzene rings is 1. The Morgan fingerprint density at radius 1 is 1.23 bits per heavy atom. The Morgan fingerprint density at radius 3 is 2.64 bits per heavy atom. The van der Waals surface area contributed by atoms with Gasteiger partial charge in [-0.25, -0.2) is 0 Å². The second-order valence-electron chi connectivity index (χ2n) is 5.76. The summed E-state index contributed by atoms with van der Waals surface area (Å²) in [5.41, 5.74) is 1.02. The van der Waals surface area contributed by atoms with Gasteiger partial charge in [0.05, 0.1) is 6.54 Å². The summed E-state index contributed by atoms with van der Waals surface area (Å²) in [6.07, 6.45) is 0.491. The summed E-state index contributed by atoms with van der Waals surface area (Å²) in [5, 5.41) is 2.81. The van der Waals surface area contributed by atoms with Gasteiger partial charge in [0.25, 0.3) is 0 Å². The molecule has 2 atom stereocenters. The molecule has 0 saturated carbocycles. The molecule has 0 radical (unpaired) electrons. The van der Waals surface area contributed by atoms with E-state index in [0.717, 1.165) is 5.56 Å². The predicted molar refractivity (Wildman–Crippen MR) is 79.8 cm³/mol. The van der Waals surface area contributed by atoms with Crippen molar-refractivity contribution in [1.29, 1.82) is 0 Å². The number of piperazine rings is 2. The van der Waals surface area contributed by atoms with Crippen molar-refractivity contribution < 1.29 is 14.4 Å². The van der Waals surface area contributed by atoms with Gasteiger partial charge in [0.15, 0.2) is 0 Å². The minimum atomic E-state index is -0.558. The first-order chi connectivity index (χ1) is 10.6. The van der Waals surface area contributed by atoms with E-state index in [9.17, 15) is 14.4 Å². The summed E-state index contributed by atoms with van der Waals surface area (Å²) in [4.78, 5) is 39.6. The Morgan fingerprint density at radius 2 is 1.95 bits per heavy atom. The molecule has 1 aromatic carbocycles. The summed E-state index contributed by atoms with van der Waals surface area (Å²) in [6, 6.07) is 8.56. The largest absolute Gasteiger partial charge is 0.342 e. The lowest BCUT2D eigenvalue weighted by molar-refractivity contribution is -0.155. The van der Waals surface area contributed by atoms with Gasteiger partial charge in [-0.15, -0.1) is 0 Å². The quantitative estimate of drug-likeness (QED) is 0.821. The molecule has 2 fully saturated rings. The molecule has 6 nitrogen and oxygen atoms in total. The minimum Gasteiger partial charge on any atom is -0.342 e. The number of hydrogen-bond donors (Lipinski definition) is 1. The van der Waals surface area contributed by atoms with E-state index in [1.54, 1.807) is 9.80 Å². The lowest BCUT2D eigenvalue weighted by Crippen LogP contribution is -2.69. The number of hydrogen-bond acceptors (Lipinski definition) is 3. The first-order valence-electron chi connectivity index (χ1n) is 7.46.